The van der Waals surface area contributed by atoms with Crippen LogP contribution in [-0.2, 0) is 0 Å². The summed E-state index contributed by atoms with van der Waals surface area (Å²) in [6.07, 6.45) is 1.80. The maximum Gasteiger partial charge on any atom is 0.118 e. The standard InChI is InChI=1S/C9H10O.C2H6O/c1-3-8-4-6-9(10-2)7-5-8;1-2-3/h3-7H,1H2,2H3;3H,2H2,1H3. The number of aliphatic hydroxyl groups excluding tert-OH is 1. The van der Waals surface area contributed by atoms with Crippen LogP contribution in [0.3, 0.4) is 0 Å². The summed E-state index contributed by atoms with van der Waals surface area (Å²) in [4.78, 5) is 0. The van der Waals surface area contributed by atoms with Crippen molar-refractivity contribution in [3.05, 3.63) is 36.4 Å². The maximum atomic E-state index is 7.57. The van der Waals surface area contributed by atoms with Crippen molar-refractivity contribution in [1.29, 1.82) is 0 Å². The molecule has 0 spiro atoms. The van der Waals surface area contributed by atoms with Gasteiger partial charge in [-0.1, -0.05) is 24.8 Å². The summed E-state index contributed by atoms with van der Waals surface area (Å²) in [5.74, 6) is 0.880. The molecule has 1 rings (SSSR count). The third kappa shape index (κ3) is 5.04. The fourth-order valence-electron chi connectivity index (χ4n) is 0.740. The van der Waals surface area contributed by atoms with Gasteiger partial charge in [-0.3, -0.25) is 0 Å². The summed E-state index contributed by atoms with van der Waals surface area (Å²) >= 11 is 0. The van der Waals surface area contributed by atoms with Gasteiger partial charge in [-0.05, 0) is 24.6 Å². The average molecular weight is 180 g/mol. The lowest BCUT2D eigenvalue weighted by molar-refractivity contribution is 0.318. The first-order valence-electron chi connectivity index (χ1n) is 4.15. The zero-order valence-corrected chi connectivity index (χ0v) is 8.16. The quantitative estimate of drug-likeness (QED) is 0.757. The minimum Gasteiger partial charge on any atom is -0.497 e. The van der Waals surface area contributed by atoms with Gasteiger partial charge in [0, 0.05) is 6.61 Å². The molecule has 0 atom stereocenters. The molecule has 0 fully saturated rings. The average Bonchev–Trinajstić information content (AvgIpc) is 2.19. The number of aliphatic hydroxyl groups is 1. The Balaban J connectivity index is 0.000000424. The van der Waals surface area contributed by atoms with Crippen LogP contribution in [0.25, 0.3) is 6.08 Å². The van der Waals surface area contributed by atoms with Crippen LogP contribution in [0.5, 0.6) is 5.75 Å². The Morgan fingerprint density at radius 3 is 2.15 bits per heavy atom. The molecule has 0 unspecified atom stereocenters. The first-order valence-corrected chi connectivity index (χ1v) is 4.15. The van der Waals surface area contributed by atoms with Crippen molar-refractivity contribution >= 4 is 6.08 Å². The van der Waals surface area contributed by atoms with E-state index in [0.29, 0.717) is 0 Å². The molecular formula is C11H16O2. The number of hydrogen-bond acceptors (Lipinski definition) is 2. The molecule has 0 aliphatic rings. The van der Waals surface area contributed by atoms with Crippen molar-refractivity contribution in [2.24, 2.45) is 0 Å². The van der Waals surface area contributed by atoms with Crippen LogP contribution in [0.2, 0.25) is 0 Å². The van der Waals surface area contributed by atoms with Crippen molar-refractivity contribution in [2.75, 3.05) is 13.7 Å². The highest BCUT2D eigenvalue weighted by molar-refractivity contribution is 5.48. The molecule has 0 saturated heterocycles. The molecule has 0 aliphatic heterocycles. The van der Waals surface area contributed by atoms with Crippen molar-refractivity contribution in [3.63, 3.8) is 0 Å². The monoisotopic (exact) mass is 180 g/mol. The van der Waals surface area contributed by atoms with Gasteiger partial charge >= 0.3 is 0 Å². The van der Waals surface area contributed by atoms with E-state index in [0.717, 1.165) is 11.3 Å². The second kappa shape index (κ2) is 7.37. The molecule has 0 saturated carbocycles. The number of hydrogen-bond donors (Lipinski definition) is 1. The molecule has 1 aromatic carbocycles. The molecule has 13 heavy (non-hydrogen) atoms. The van der Waals surface area contributed by atoms with Crippen LogP contribution in [0, 0.1) is 0 Å². The van der Waals surface area contributed by atoms with Crippen LogP contribution in [-0.4, -0.2) is 18.8 Å². The topological polar surface area (TPSA) is 29.5 Å². The van der Waals surface area contributed by atoms with Gasteiger partial charge in [0.15, 0.2) is 0 Å². The molecule has 2 heteroatoms. The molecular weight excluding hydrogens is 164 g/mol. The predicted molar refractivity (Wildman–Crippen MR) is 55.8 cm³/mol. The SMILES string of the molecule is C=Cc1ccc(OC)cc1.CCO. The van der Waals surface area contributed by atoms with E-state index in [2.05, 4.69) is 6.58 Å². The van der Waals surface area contributed by atoms with Gasteiger partial charge in [-0.15, -0.1) is 0 Å². The molecule has 0 aromatic heterocycles. The van der Waals surface area contributed by atoms with Crippen LogP contribution in [0.4, 0.5) is 0 Å². The molecule has 2 nitrogen and oxygen atoms in total. The van der Waals surface area contributed by atoms with Crippen LogP contribution in [0.15, 0.2) is 30.8 Å². The molecule has 0 bridgehead atoms. The Kier molecular flexibility index (Phi) is 6.65. The largest absolute Gasteiger partial charge is 0.497 e. The summed E-state index contributed by atoms with van der Waals surface area (Å²) in [5.41, 5.74) is 1.11. The molecule has 72 valence electrons. The zero-order chi connectivity index (χ0) is 10.1. The van der Waals surface area contributed by atoms with E-state index in [1.807, 2.05) is 24.3 Å². The van der Waals surface area contributed by atoms with E-state index < -0.39 is 0 Å². The Hall–Kier alpha value is -1.28. The first kappa shape index (κ1) is 11.7. The van der Waals surface area contributed by atoms with Crippen molar-refractivity contribution < 1.29 is 9.84 Å². The zero-order valence-electron chi connectivity index (χ0n) is 8.16. The maximum absolute atomic E-state index is 7.57. The van der Waals surface area contributed by atoms with E-state index in [1.165, 1.54) is 0 Å². The molecule has 0 aliphatic carbocycles. The summed E-state index contributed by atoms with van der Waals surface area (Å²) < 4.78 is 4.98. The highest BCUT2D eigenvalue weighted by Gasteiger charge is 1.87. The summed E-state index contributed by atoms with van der Waals surface area (Å²) in [5, 5.41) is 7.57. The van der Waals surface area contributed by atoms with Gasteiger partial charge in [-0.25, -0.2) is 0 Å². The highest BCUT2D eigenvalue weighted by atomic mass is 16.5. The first-order chi connectivity index (χ1) is 6.28. The highest BCUT2D eigenvalue weighted by Crippen LogP contribution is 2.11. The lowest BCUT2D eigenvalue weighted by atomic mass is 10.2. The minimum absolute atomic E-state index is 0.250. The molecule has 1 aromatic rings. The smallest absolute Gasteiger partial charge is 0.118 e. The van der Waals surface area contributed by atoms with Crippen LogP contribution < -0.4 is 4.74 Å². The van der Waals surface area contributed by atoms with Crippen LogP contribution in [0.1, 0.15) is 12.5 Å². The van der Waals surface area contributed by atoms with Crippen molar-refractivity contribution in [2.45, 2.75) is 6.92 Å². The minimum atomic E-state index is 0.250. The van der Waals surface area contributed by atoms with E-state index in [-0.39, 0.29) is 6.61 Å². The van der Waals surface area contributed by atoms with Gasteiger partial charge in [0.25, 0.3) is 0 Å². The third-order valence-corrected chi connectivity index (χ3v) is 1.35. The Bertz CT molecular complexity index is 226. The second-order valence-corrected chi connectivity index (χ2v) is 2.29. The lowest BCUT2D eigenvalue weighted by Gasteiger charge is -1.97. The predicted octanol–water partition coefficient (Wildman–Crippen LogP) is 2.34. The fraction of sp³-hybridized carbons (Fsp3) is 0.273. The number of methoxy groups -OCH3 is 1. The molecule has 0 heterocycles. The second-order valence-electron chi connectivity index (χ2n) is 2.29. The summed E-state index contributed by atoms with van der Waals surface area (Å²) in [7, 11) is 1.66. The Labute approximate surface area is 79.5 Å². The molecule has 0 radical (unpaired) electrons. The van der Waals surface area contributed by atoms with Gasteiger partial charge in [-0.2, -0.15) is 0 Å². The molecule has 0 amide bonds. The normalized spacial score (nSPS) is 8.23. The van der Waals surface area contributed by atoms with Crippen molar-refractivity contribution in [1.82, 2.24) is 0 Å². The van der Waals surface area contributed by atoms with Gasteiger partial charge in [0.05, 0.1) is 7.11 Å². The van der Waals surface area contributed by atoms with Gasteiger partial charge in [0.2, 0.25) is 0 Å². The Morgan fingerprint density at radius 2 is 1.85 bits per heavy atom. The number of ether oxygens (including phenoxy) is 1. The van der Waals surface area contributed by atoms with Gasteiger partial charge < -0.3 is 9.84 Å². The van der Waals surface area contributed by atoms with E-state index in [4.69, 9.17) is 9.84 Å². The molecule has 1 N–H and O–H groups in total. The third-order valence-electron chi connectivity index (χ3n) is 1.35. The van der Waals surface area contributed by atoms with E-state index in [1.54, 1.807) is 20.1 Å². The van der Waals surface area contributed by atoms with E-state index in [9.17, 15) is 0 Å². The number of rotatable bonds is 2. The number of benzene rings is 1. The van der Waals surface area contributed by atoms with Gasteiger partial charge in [0.1, 0.15) is 5.75 Å². The van der Waals surface area contributed by atoms with Crippen LogP contribution >= 0.6 is 0 Å². The summed E-state index contributed by atoms with van der Waals surface area (Å²) in [6.45, 7) is 5.58. The van der Waals surface area contributed by atoms with Crippen molar-refractivity contribution in [3.8, 4) is 5.75 Å². The summed E-state index contributed by atoms with van der Waals surface area (Å²) in [6, 6.07) is 7.76. The lowest BCUT2D eigenvalue weighted by Crippen LogP contribution is -1.80. The van der Waals surface area contributed by atoms with E-state index >= 15 is 0 Å². The Morgan fingerprint density at radius 1 is 1.38 bits per heavy atom. The fourth-order valence-corrected chi connectivity index (χ4v) is 0.740.